The van der Waals surface area contributed by atoms with Crippen molar-refractivity contribution in [3.05, 3.63) is 65.6 Å². The first-order chi connectivity index (χ1) is 13.2. The Morgan fingerprint density at radius 2 is 1.93 bits per heavy atom. The zero-order chi connectivity index (χ0) is 19.1. The van der Waals surface area contributed by atoms with Crippen LogP contribution in [-0.4, -0.2) is 36.3 Å². The summed E-state index contributed by atoms with van der Waals surface area (Å²) in [5.41, 5.74) is 1.92. The van der Waals surface area contributed by atoms with Gasteiger partial charge in [0.1, 0.15) is 5.76 Å². The van der Waals surface area contributed by atoms with Gasteiger partial charge in [-0.1, -0.05) is 19.1 Å². The average molecular weight is 366 g/mol. The summed E-state index contributed by atoms with van der Waals surface area (Å²) in [7, 11) is 0. The van der Waals surface area contributed by atoms with Crippen molar-refractivity contribution in [2.75, 3.05) is 19.6 Å². The lowest BCUT2D eigenvalue weighted by atomic mass is 9.96. The Bertz CT molecular complexity index is 770. The number of amides is 2. The molecule has 1 saturated heterocycles. The van der Waals surface area contributed by atoms with Crippen molar-refractivity contribution in [2.24, 2.45) is 5.92 Å². The Morgan fingerprint density at radius 3 is 2.56 bits per heavy atom. The SMILES string of the molecule is CCc1ccc(C(=O)NCC2CCN(C(=O)/C=C/c3ccco3)CC2)cc1. The van der Waals surface area contributed by atoms with Gasteiger partial charge in [0.15, 0.2) is 0 Å². The molecule has 1 aromatic heterocycles. The number of rotatable bonds is 6. The van der Waals surface area contributed by atoms with Gasteiger partial charge in [-0.05, 0) is 61.1 Å². The highest BCUT2D eigenvalue weighted by Crippen LogP contribution is 2.17. The van der Waals surface area contributed by atoms with Crippen LogP contribution in [0.3, 0.4) is 0 Å². The van der Waals surface area contributed by atoms with Gasteiger partial charge in [0.05, 0.1) is 6.26 Å². The monoisotopic (exact) mass is 366 g/mol. The minimum absolute atomic E-state index is 0.00454. The first kappa shape index (κ1) is 19.0. The van der Waals surface area contributed by atoms with E-state index in [2.05, 4.69) is 12.2 Å². The van der Waals surface area contributed by atoms with Gasteiger partial charge < -0.3 is 14.6 Å². The van der Waals surface area contributed by atoms with Gasteiger partial charge in [-0.15, -0.1) is 0 Å². The van der Waals surface area contributed by atoms with Crippen molar-refractivity contribution in [3.63, 3.8) is 0 Å². The largest absolute Gasteiger partial charge is 0.465 e. The van der Waals surface area contributed by atoms with Gasteiger partial charge >= 0.3 is 0 Å². The van der Waals surface area contributed by atoms with Crippen molar-refractivity contribution >= 4 is 17.9 Å². The van der Waals surface area contributed by atoms with E-state index >= 15 is 0 Å². The highest BCUT2D eigenvalue weighted by Gasteiger charge is 2.22. The van der Waals surface area contributed by atoms with Crippen molar-refractivity contribution in [2.45, 2.75) is 26.2 Å². The number of nitrogens with one attached hydrogen (secondary N) is 1. The number of hydrogen-bond acceptors (Lipinski definition) is 3. The molecule has 1 N–H and O–H groups in total. The summed E-state index contributed by atoms with van der Waals surface area (Å²) in [6, 6.07) is 11.3. The minimum atomic E-state index is -0.0301. The molecular weight excluding hydrogens is 340 g/mol. The third-order valence-electron chi connectivity index (χ3n) is 5.04. The molecule has 0 radical (unpaired) electrons. The summed E-state index contributed by atoms with van der Waals surface area (Å²) in [5.74, 6) is 1.05. The zero-order valence-corrected chi connectivity index (χ0v) is 15.7. The average Bonchev–Trinajstić information content (AvgIpc) is 3.24. The van der Waals surface area contributed by atoms with Crippen molar-refractivity contribution < 1.29 is 14.0 Å². The number of furan rings is 1. The van der Waals surface area contributed by atoms with Gasteiger partial charge in [0.2, 0.25) is 5.91 Å². The van der Waals surface area contributed by atoms with Crippen LogP contribution in [0.5, 0.6) is 0 Å². The van der Waals surface area contributed by atoms with Crippen molar-refractivity contribution in [1.29, 1.82) is 0 Å². The maximum absolute atomic E-state index is 12.3. The summed E-state index contributed by atoms with van der Waals surface area (Å²) in [4.78, 5) is 26.3. The quantitative estimate of drug-likeness (QED) is 0.796. The smallest absolute Gasteiger partial charge is 0.251 e. The molecule has 0 unspecified atom stereocenters. The summed E-state index contributed by atoms with van der Waals surface area (Å²) in [5, 5.41) is 3.03. The Morgan fingerprint density at radius 1 is 1.19 bits per heavy atom. The van der Waals surface area contributed by atoms with Crippen molar-refractivity contribution in [3.8, 4) is 0 Å². The highest BCUT2D eigenvalue weighted by atomic mass is 16.3. The molecule has 5 nitrogen and oxygen atoms in total. The summed E-state index contributed by atoms with van der Waals surface area (Å²) in [6.45, 7) is 4.18. The summed E-state index contributed by atoms with van der Waals surface area (Å²) >= 11 is 0. The van der Waals surface area contributed by atoms with Crippen LogP contribution in [0.1, 0.15) is 41.4 Å². The topological polar surface area (TPSA) is 62.6 Å². The fourth-order valence-corrected chi connectivity index (χ4v) is 3.23. The molecule has 0 saturated carbocycles. The molecule has 0 bridgehead atoms. The lowest BCUT2D eigenvalue weighted by Gasteiger charge is -2.31. The lowest BCUT2D eigenvalue weighted by molar-refractivity contribution is -0.127. The maximum atomic E-state index is 12.3. The van der Waals surface area contributed by atoms with Gasteiger partial charge in [-0.3, -0.25) is 9.59 Å². The number of aryl methyl sites for hydroxylation is 1. The van der Waals surface area contributed by atoms with E-state index in [0.29, 0.717) is 36.9 Å². The van der Waals surface area contributed by atoms with Crippen molar-refractivity contribution in [1.82, 2.24) is 10.2 Å². The molecular formula is C22H26N2O3. The second-order valence-corrected chi connectivity index (χ2v) is 6.88. The third kappa shape index (κ3) is 5.33. The number of carbonyl (C=O) groups is 2. The highest BCUT2D eigenvalue weighted by molar-refractivity contribution is 5.94. The van der Waals surface area contributed by atoms with E-state index in [9.17, 15) is 9.59 Å². The molecule has 0 spiro atoms. The van der Waals surface area contributed by atoms with E-state index in [1.54, 1.807) is 24.5 Å². The van der Waals surface area contributed by atoms with Crippen LogP contribution in [0.15, 0.2) is 53.2 Å². The number of likely N-dealkylation sites (tertiary alicyclic amines) is 1. The normalized spacial score (nSPS) is 15.2. The molecule has 1 aliphatic rings. The van der Waals surface area contributed by atoms with Gasteiger partial charge in [-0.25, -0.2) is 0 Å². The van der Waals surface area contributed by atoms with E-state index in [1.165, 1.54) is 5.56 Å². The van der Waals surface area contributed by atoms with Crippen LogP contribution in [0.2, 0.25) is 0 Å². The van der Waals surface area contributed by atoms with Crippen LogP contribution in [0.25, 0.3) is 6.08 Å². The molecule has 27 heavy (non-hydrogen) atoms. The van der Waals surface area contributed by atoms with Crippen LogP contribution in [-0.2, 0) is 11.2 Å². The molecule has 1 fully saturated rings. The number of nitrogens with zero attached hydrogens (tertiary/aromatic N) is 1. The Labute approximate surface area is 160 Å². The number of hydrogen-bond donors (Lipinski definition) is 1. The predicted octanol–water partition coefficient (Wildman–Crippen LogP) is 3.52. The van der Waals surface area contributed by atoms with Crippen LogP contribution >= 0.6 is 0 Å². The Kier molecular flexibility index (Phi) is 6.47. The van der Waals surface area contributed by atoms with Crippen LogP contribution < -0.4 is 5.32 Å². The van der Waals surface area contributed by atoms with Gasteiger partial charge in [0, 0.05) is 31.3 Å². The molecule has 2 heterocycles. The lowest BCUT2D eigenvalue weighted by Crippen LogP contribution is -2.40. The summed E-state index contributed by atoms with van der Waals surface area (Å²) < 4.78 is 5.19. The minimum Gasteiger partial charge on any atom is -0.465 e. The van der Waals surface area contributed by atoms with E-state index in [4.69, 9.17) is 4.42 Å². The fraction of sp³-hybridized carbons (Fsp3) is 0.364. The van der Waals surface area contributed by atoms with E-state index in [0.717, 1.165) is 19.3 Å². The third-order valence-corrected chi connectivity index (χ3v) is 5.04. The first-order valence-electron chi connectivity index (χ1n) is 9.53. The fourth-order valence-electron chi connectivity index (χ4n) is 3.23. The van der Waals surface area contributed by atoms with Crippen LogP contribution in [0, 0.1) is 5.92 Å². The maximum Gasteiger partial charge on any atom is 0.251 e. The zero-order valence-electron chi connectivity index (χ0n) is 15.7. The second kappa shape index (κ2) is 9.21. The molecule has 0 aliphatic carbocycles. The van der Waals surface area contributed by atoms with E-state index in [1.807, 2.05) is 35.2 Å². The number of piperidine rings is 1. The molecule has 3 rings (SSSR count). The number of carbonyl (C=O) groups excluding carboxylic acids is 2. The molecule has 5 heteroatoms. The molecule has 2 aromatic rings. The second-order valence-electron chi connectivity index (χ2n) is 6.88. The summed E-state index contributed by atoms with van der Waals surface area (Å²) in [6.07, 6.45) is 7.60. The predicted molar refractivity (Wildman–Crippen MR) is 105 cm³/mol. The van der Waals surface area contributed by atoms with E-state index in [-0.39, 0.29) is 11.8 Å². The number of benzene rings is 1. The molecule has 142 valence electrons. The molecule has 2 amide bonds. The van der Waals surface area contributed by atoms with Crippen LogP contribution in [0.4, 0.5) is 0 Å². The molecule has 1 aliphatic heterocycles. The van der Waals surface area contributed by atoms with Gasteiger partial charge in [0.25, 0.3) is 5.91 Å². The molecule has 1 aromatic carbocycles. The Hall–Kier alpha value is -2.82. The van der Waals surface area contributed by atoms with E-state index < -0.39 is 0 Å². The Balaban J connectivity index is 1.41. The van der Waals surface area contributed by atoms with Gasteiger partial charge in [-0.2, -0.15) is 0 Å². The molecule has 0 atom stereocenters. The standard InChI is InChI=1S/C22H26N2O3/c1-2-17-5-7-19(8-6-17)22(26)23-16-18-11-13-24(14-12-18)21(25)10-9-20-4-3-15-27-20/h3-10,15,18H,2,11-14,16H2,1H3,(H,23,26)/b10-9+. The first-order valence-corrected chi connectivity index (χ1v) is 9.53.